The van der Waals surface area contributed by atoms with E-state index in [4.69, 9.17) is 5.11 Å². The highest BCUT2D eigenvalue weighted by molar-refractivity contribution is 5.69. The van der Waals surface area contributed by atoms with Crippen molar-refractivity contribution >= 4 is 12.0 Å². The molecule has 0 aliphatic rings. The quantitative estimate of drug-likeness (QED) is 0.158. The van der Waals surface area contributed by atoms with Crippen LogP contribution in [0.4, 0.5) is 0 Å². The molecular formula is C26H38O4. The van der Waals surface area contributed by atoms with E-state index in [0.717, 1.165) is 51.4 Å². The van der Waals surface area contributed by atoms with Gasteiger partial charge < -0.3 is 15.3 Å². The van der Waals surface area contributed by atoms with Gasteiger partial charge in [-0.3, -0.25) is 4.79 Å². The second-order valence-electron chi connectivity index (χ2n) is 7.83. The third kappa shape index (κ3) is 8.48. The van der Waals surface area contributed by atoms with Crippen LogP contribution < -0.4 is 0 Å². The summed E-state index contributed by atoms with van der Waals surface area (Å²) in [5, 5.41) is 30.0. The van der Waals surface area contributed by atoms with Gasteiger partial charge in [-0.1, -0.05) is 63.3 Å². The predicted molar refractivity (Wildman–Crippen MR) is 125 cm³/mol. The molecule has 0 saturated heterocycles. The van der Waals surface area contributed by atoms with Crippen LogP contribution in [-0.2, 0) is 17.6 Å². The topological polar surface area (TPSA) is 77.8 Å². The summed E-state index contributed by atoms with van der Waals surface area (Å²) in [6.07, 6.45) is 17.3. The largest absolute Gasteiger partial charge is 0.508 e. The lowest BCUT2D eigenvalue weighted by Gasteiger charge is -2.13. The van der Waals surface area contributed by atoms with Gasteiger partial charge in [-0.15, -0.1) is 13.2 Å². The number of hydrogen-bond donors (Lipinski definition) is 3. The molecule has 1 rings (SSSR count). The number of hydrogen-bond acceptors (Lipinski definition) is 3. The molecule has 1 aromatic rings. The minimum absolute atomic E-state index is 0.178. The molecule has 0 aromatic heterocycles. The zero-order valence-corrected chi connectivity index (χ0v) is 18.4. The molecule has 0 aliphatic heterocycles. The maximum Gasteiger partial charge on any atom is 0.306 e. The van der Waals surface area contributed by atoms with E-state index >= 15 is 0 Å². The minimum atomic E-state index is -0.671. The van der Waals surface area contributed by atoms with Crippen molar-refractivity contribution in [2.24, 2.45) is 5.92 Å². The van der Waals surface area contributed by atoms with Gasteiger partial charge >= 0.3 is 5.97 Å². The zero-order chi connectivity index (χ0) is 22.4. The molecule has 166 valence electrons. The molecule has 0 spiro atoms. The fourth-order valence-corrected chi connectivity index (χ4v) is 3.69. The lowest BCUT2D eigenvalue weighted by Crippen LogP contribution is -2.12. The van der Waals surface area contributed by atoms with Crippen LogP contribution in [0.3, 0.4) is 0 Å². The average Bonchev–Trinajstić information content (AvgIpc) is 2.71. The van der Waals surface area contributed by atoms with Crippen LogP contribution in [0, 0.1) is 5.92 Å². The SMILES string of the molecule is C=CCc1cc(O)c(CC=C)c(C=CCCCCCCCCC(CC)C(=O)O)c1O. The summed E-state index contributed by atoms with van der Waals surface area (Å²) in [6, 6.07) is 1.60. The van der Waals surface area contributed by atoms with E-state index in [0.29, 0.717) is 36.0 Å². The lowest BCUT2D eigenvalue weighted by atomic mass is 9.96. The predicted octanol–water partition coefficient (Wildman–Crippen LogP) is 6.80. The maximum absolute atomic E-state index is 11.0. The smallest absolute Gasteiger partial charge is 0.306 e. The van der Waals surface area contributed by atoms with Gasteiger partial charge in [-0.25, -0.2) is 0 Å². The van der Waals surface area contributed by atoms with Crippen LogP contribution in [0.1, 0.15) is 81.4 Å². The Bertz CT molecular complexity index is 718. The van der Waals surface area contributed by atoms with E-state index in [1.54, 1.807) is 18.2 Å². The Labute approximate surface area is 181 Å². The number of aromatic hydroxyl groups is 2. The van der Waals surface area contributed by atoms with Gasteiger partial charge in [0.25, 0.3) is 0 Å². The van der Waals surface area contributed by atoms with Gasteiger partial charge in [-0.2, -0.15) is 0 Å². The molecule has 0 radical (unpaired) electrons. The molecule has 3 N–H and O–H groups in total. The minimum Gasteiger partial charge on any atom is -0.508 e. The molecule has 30 heavy (non-hydrogen) atoms. The Balaban J connectivity index is 2.44. The van der Waals surface area contributed by atoms with Gasteiger partial charge in [0.2, 0.25) is 0 Å². The molecule has 4 nitrogen and oxygen atoms in total. The molecule has 0 amide bonds. The number of aliphatic carboxylic acids is 1. The van der Waals surface area contributed by atoms with Crippen LogP contribution in [0.15, 0.2) is 37.5 Å². The fraction of sp³-hybridized carbons (Fsp3) is 0.500. The molecule has 1 atom stereocenters. The molecule has 0 saturated carbocycles. The number of carboxylic acids is 1. The van der Waals surface area contributed by atoms with E-state index in [1.165, 1.54) is 0 Å². The Morgan fingerprint density at radius 3 is 2.27 bits per heavy atom. The first-order valence-corrected chi connectivity index (χ1v) is 11.1. The number of unbranched alkanes of at least 4 members (excludes halogenated alkanes) is 6. The molecule has 1 aromatic carbocycles. The fourth-order valence-electron chi connectivity index (χ4n) is 3.69. The van der Waals surface area contributed by atoms with E-state index in [-0.39, 0.29) is 17.4 Å². The molecule has 0 bridgehead atoms. The first kappa shape index (κ1) is 25.5. The van der Waals surface area contributed by atoms with Crippen molar-refractivity contribution in [2.75, 3.05) is 0 Å². The lowest BCUT2D eigenvalue weighted by molar-refractivity contribution is -0.142. The van der Waals surface area contributed by atoms with Crippen LogP contribution in [0.2, 0.25) is 0 Å². The van der Waals surface area contributed by atoms with Gasteiger partial charge in [-0.05, 0) is 44.6 Å². The van der Waals surface area contributed by atoms with Crippen LogP contribution in [0.25, 0.3) is 6.08 Å². The summed E-state index contributed by atoms with van der Waals surface area (Å²) >= 11 is 0. The summed E-state index contributed by atoms with van der Waals surface area (Å²) in [7, 11) is 0. The molecule has 1 unspecified atom stereocenters. The molecule has 4 heteroatoms. The third-order valence-corrected chi connectivity index (χ3v) is 5.52. The Morgan fingerprint density at radius 1 is 1.03 bits per heavy atom. The van der Waals surface area contributed by atoms with Crippen molar-refractivity contribution in [2.45, 2.75) is 77.6 Å². The summed E-state index contributed by atoms with van der Waals surface area (Å²) in [4.78, 5) is 11.0. The maximum atomic E-state index is 11.0. The second-order valence-corrected chi connectivity index (χ2v) is 7.83. The second kappa shape index (κ2) is 14.5. The summed E-state index contributed by atoms with van der Waals surface area (Å²) in [5.41, 5.74) is 2.03. The van der Waals surface area contributed by atoms with E-state index in [2.05, 4.69) is 19.2 Å². The Kier molecular flexibility index (Phi) is 12.3. The number of benzene rings is 1. The molecule has 0 heterocycles. The van der Waals surface area contributed by atoms with Gasteiger partial charge in [0.15, 0.2) is 0 Å². The third-order valence-electron chi connectivity index (χ3n) is 5.52. The Morgan fingerprint density at radius 2 is 1.67 bits per heavy atom. The monoisotopic (exact) mass is 414 g/mol. The highest BCUT2D eigenvalue weighted by atomic mass is 16.4. The van der Waals surface area contributed by atoms with Crippen molar-refractivity contribution in [3.63, 3.8) is 0 Å². The van der Waals surface area contributed by atoms with E-state index < -0.39 is 5.97 Å². The van der Waals surface area contributed by atoms with E-state index in [1.807, 2.05) is 13.0 Å². The first-order valence-electron chi connectivity index (χ1n) is 11.1. The number of phenols is 2. The first-order chi connectivity index (χ1) is 14.5. The standard InChI is InChI=1S/C26H38O4/c1-4-15-21-19-24(27)22(16-5-2)23(25(21)28)18-14-12-10-8-7-9-11-13-17-20(6-3)26(29)30/h4-5,14,18-20,27-28H,1-2,6-13,15-17H2,3H3,(H,29,30). The van der Waals surface area contributed by atoms with Crippen molar-refractivity contribution in [3.05, 3.63) is 54.1 Å². The van der Waals surface area contributed by atoms with Crippen LogP contribution >= 0.6 is 0 Å². The number of carboxylic acid groups (broad SMARTS) is 1. The van der Waals surface area contributed by atoms with Gasteiger partial charge in [0, 0.05) is 16.7 Å². The zero-order valence-electron chi connectivity index (χ0n) is 18.4. The number of carbonyl (C=O) groups is 1. The highest BCUT2D eigenvalue weighted by Gasteiger charge is 2.14. The number of phenolic OH excluding ortho intramolecular Hbond substituents is 2. The van der Waals surface area contributed by atoms with Crippen LogP contribution in [0.5, 0.6) is 11.5 Å². The van der Waals surface area contributed by atoms with Crippen molar-refractivity contribution in [1.29, 1.82) is 0 Å². The molecular weight excluding hydrogens is 376 g/mol. The van der Waals surface area contributed by atoms with Crippen molar-refractivity contribution in [1.82, 2.24) is 0 Å². The summed E-state index contributed by atoms with van der Waals surface area (Å²) < 4.78 is 0. The number of allylic oxidation sites excluding steroid dienone is 3. The van der Waals surface area contributed by atoms with Crippen molar-refractivity contribution in [3.8, 4) is 11.5 Å². The average molecular weight is 415 g/mol. The van der Waals surface area contributed by atoms with Crippen LogP contribution in [-0.4, -0.2) is 21.3 Å². The molecule has 0 fully saturated rings. The van der Waals surface area contributed by atoms with Gasteiger partial charge in [0.1, 0.15) is 11.5 Å². The normalized spacial score (nSPS) is 12.2. The summed E-state index contributed by atoms with van der Waals surface area (Å²) in [5.74, 6) is -0.484. The van der Waals surface area contributed by atoms with Gasteiger partial charge in [0.05, 0.1) is 5.92 Å². The summed E-state index contributed by atoms with van der Waals surface area (Å²) in [6.45, 7) is 9.38. The molecule has 0 aliphatic carbocycles. The van der Waals surface area contributed by atoms with E-state index in [9.17, 15) is 15.0 Å². The van der Waals surface area contributed by atoms with Crippen molar-refractivity contribution < 1.29 is 20.1 Å². The number of rotatable bonds is 16. The highest BCUT2D eigenvalue weighted by Crippen LogP contribution is 2.35. The Hall–Kier alpha value is -2.49.